The molecule has 144 valence electrons. The molecule has 0 bridgehead atoms. The summed E-state index contributed by atoms with van der Waals surface area (Å²) in [6.07, 6.45) is 7.92. The third-order valence-electron chi connectivity index (χ3n) is 6.14. The highest BCUT2D eigenvalue weighted by atomic mass is 35.5. The van der Waals surface area contributed by atoms with Gasteiger partial charge in [0.15, 0.2) is 0 Å². The molecule has 2 unspecified atom stereocenters. The number of carbonyl (C=O) groups excluding carboxylic acids is 1. The highest BCUT2D eigenvalue weighted by molar-refractivity contribution is 6.42. The van der Waals surface area contributed by atoms with Gasteiger partial charge in [-0.1, -0.05) is 23.2 Å². The summed E-state index contributed by atoms with van der Waals surface area (Å²) in [5, 5.41) is 1.16. The third kappa shape index (κ3) is 4.01. The molecular weight excluding hydrogens is 391 g/mol. The number of likely N-dealkylation sites (tertiary alicyclic amines) is 2. The van der Waals surface area contributed by atoms with Gasteiger partial charge in [-0.25, -0.2) is 0 Å². The number of hydrogen-bond donors (Lipinski definition) is 0. The smallest absolute Gasteiger partial charge is 0.230 e. The van der Waals surface area contributed by atoms with Gasteiger partial charge in [-0.05, 0) is 81.3 Å². The van der Waals surface area contributed by atoms with Crippen LogP contribution in [0, 0.1) is 0 Å². The summed E-state index contributed by atoms with van der Waals surface area (Å²) in [4.78, 5) is 18.1. The number of nitrogens with zero attached hydrogens (tertiary/aromatic N) is 2. The number of fused-ring (bicyclic) bond motifs is 1. The van der Waals surface area contributed by atoms with Crippen molar-refractivity contribution in [1.29, 1.82) is 0 Å². The molecule has 2 saturated heterocycles. The van der Waals surface area contributed by atoms with Crippen molar-refractivity contribution >= 4 is 41.5 Å². The first-order valence-electron chi connectivity index (χ1n) is 9.64. The van der Waals surface area contributed by atoms with Crippen LogP contribution in [0.25, 0.3) is 0 Å². The Morgan fingerprint density at radius 2 is 1.69 bits per heavy atom. The quantitative estimate of drug-likeness (QED) is 0.696. The van der Waals surface area contributed by atoms with Crippen LogP contribution in [0.1, 0.15) is 55.6 Å². The summed E-state index contributed by atoms with van der Waals surface area (Å²) in [6.45, 7) is 4.34. The van der Waals surface area contributed by atoms with E-state index in [-0.39, 0.29) is 18.3 Å². The number of aryl methyl sites for hydroxylation is 1. The molecule has 0 N–H and O–H groups in total. The van der Waals surface area contributed by atoms with Gasteiger partial charge in [-0.15, -0.1) is 12.4 Å². The molecule has 4 rings (SSSR count). The summed E-state index contributed by atoms with van der Waals surface area (Å²) in [5.74, 6) is 0.269. The van der Waals surface area contributed by atoms with E-state index in [1.807, 2.05) is 12.1 Å². The largest absolute Gasteiger partial charge is 0.338 e. The average Bonchev–Trinajstić information content (AvgIpc) is 3.25. The Bertz CT molecular complexity index is 661. The number of rotatable bonds is 3. The Hall–Kier alpha value is -0.480. The fraction of sp³-hybridized carbons (Fsp3) is 0.650. The van der Waals surface area contributed by atoms with Gasteiger partial charge < -0.3 is 9.80 Å². The number of hydrogen-bond acceptors (Lipinski definition) is 2. The van der Waals surface area contributed by atoms with Crippen LogP contribution in [0.5, 0.6) is 0 Å². The number of carbonyl (C=O) groups is 1. The highest BCUT2D eigenvalue weighted by Gasteiger charge is 2.36. The molecule has 1 aliphatic carbocycles. The van der Waals surface area contributed by atoms with Crippen molar-refractivity contribution in [2.75, 3.05) is 26.2 Å². The summed E-state index contributed by atoms with van der Waals surface area (Å²) < 4.78 is 0. The van der Waals surface area contributed by atoms with Crippen LogP contribution in [0.4, 0.5) is 0 Å². The van der Waals surface area contributed by atoms with E-state index in [1.54, 1.807) is 0 Å². The third-order valence-corrected chi connectivity index (χ3v) is 6.86. The maximum atomic E-state index is 13.4. The lowest BCUT2D eigenvalue weighted by atomic mass is 9.95. The van der Waals surface area contributed by atoms with Crippen LogP contribution in [-0.2, 0) is 11.2 Å². The molecule has 1 aromatic rings. The van der Waals surface area contributed by atoms with Gasteiger partial charge in [0.05, 0.1) is 16.0 Å². The van der Waals surface area contributed by atoms with E-state index in [1.165, 1.54) is 37.9 Å². The van der Waals surface area contributed by atoms with Crippen LogP contribution in [0.15, 0.2) is 12.1 Å². The van der Waals surface area contributed by atoms with E-state index >= 15 is 0 Å². The summed E-state index contributed by atoms with van der Waals surface area (Å²) in [5.41, 5.74) is 2.30. The summed E-state index contributed by atoms with van der Waals surface area (Å²) in [7, 11) is 0. The number of piperidine rings is 1. The van der Waals surface area contributed by atoms with Gasteiger partial charge in [0.25, 0.3) is 0 Å². The number of amides is 1. The van der Waals surface area contributed by atoms with E-state index < -0.39 is 0 Å². The molecule has 3 aliphatic rings. The van der Waals surface area contributed by atoms with E-state index in [9.17, 15) is 4.79 Å². The van der Waals surface area contributed by atoms with Crippen molar-refractivity contribution in [2.24, 2.45) is 0 Å². The van der Waals surface area contributed by atoms with Crippen LogP contribution >= 0.6 is 35.6 Å². The minimum atomic E-state index is -0.0380. The Kier molecular flexibility index (Phi) is 6.77. The fourth-order valence-corrected chi connectivity index (χ4v) is 5.16. The first kappa shape index (κ1) is 20.3. The minimum absolute atomic E-state index is 0. The zero-order valence-electron chi connectivity index (χ0n) is 15.1. The lowest BCUT2D eigenvalue weighted by Gasteiger charge is -2.39. The van der Waals surface area contributed by atoms with Crippen molar-refractivity contribution < 1.29 is 4.79 Å². The first-order valence-corrected chi connectivity index (χ1v) is 10.4. The second kappa shape index (κ2) is 8.68. The molecule has 0 spiro atoms. The van der Waals surface area contributed by atoms with Crippen LogP contribution in [0.3, 0.4) is 0 Å². The van der Waals surface area contributed by atoms with Crippen molar-refractivity contribution in [3.63, 3.8) is 0 Å². The molecule has 2 heterocycles. The minimum Gasteiger partial charge on any atom is -0.338 e. The Balaban J connectivity index is 0.00000196. The normalized spacial score (nSPS) is 25.8. The monoisotopic (exact) mass is 416 g/mol. The Morgan fingerprint density at radius 1 is 1.00 bits per heavy atom. The fourth-order valence-electron chi connectivity index (χ4n) is 4.80. The van der Waals surface area contributed by atoms with Crippen molar-refractivity contribution in [2.45, 2.75) is 56.9 Å². The molecule has 0 radical (unpaired) electrons. The summed E-state index contributed by atoms with van der Waals surface area (Å²) in [6, 6.07) is 4.25. The lowest BCUT2D eigenvalue weighted by molar-refractivity contribution is -0.137. The zero-order chi connectivity index (χ0) is 17.4. The van der Waals surface area contributed by atoms with E-state index in [4.69, 9.17) is 23.2 Å². The molecular formula is C20H27Cl3N2O. The zero-order valence-corrected chi connectivity index (χ0v) is 17.4. The Morgan fingerprint density at radius 3 is 2.46 bits per heavy atom. The standard InChI is InChI=1S/C20H26Cl2N2O.ClH/c21-18-11-14-6-7-16(17(14)12-19(18)22)20(25)24-10-2-1-5-15(24)13-23-8-3-4-9-23;/h11-12,15-16H,1-10,13H2;1H. The second-order valence-electron chi connectivity index (χ2n) is 7.75. The van der Waals surface area contributed by atoms with E-state index in [2.05, 4.69) is 9.80 Å². The molecule has 0 aromatic heterocycles. The van der Waals surface area contributed by atoms with E-state index in [0.717, 1.165) is 44.3 Å². The molecule has 6 heteroatoms. The lowest BCUT2D eigenvalue weighted by Crippen LogP contribution is -2.50. The molecule has 3 nitrogen and oxygen atoms in total. The van der Waals surface area contributed by atoms with Gasteiger partial charge >= 0.3 is 0 Å². The number of halogens is 3. The molecule has 0 saturated carbocycles. The highest BCUT2D eigenvalue weighted by Crippen LogP contribution is 2.39. The van der Waals surface area contributed by atoms with Gasteiger partial charge in [0.2, 0.25) is 5.91 Å². The Labute approximate surface area is 172 Å². The van der Waals surface area contributed by atoms with Crippen molar-refractivity contribution in [1.82, 2.24) is 9.80 Å². The molecule has 2 aliphatic heterocycles. The van der Waals surface area contributed by atoms with Crippen LogP contribution < -0.4 is 0 Å². The van der Waals surface area contributed by atoms with Crippen molar-refractivity contribution in [3.8, 4) is 0 Å². The van der Waals surface area contributed by atoms with Crippen molar-refractivity contribution in [3.05, 3.63) is 33.3 Å². The van der Waals surface area contributed by atoms with Gasteiger partial charge in [-0.3, -0.25) is 4.79 Å². The second-order valence-corrected chi connectivity index (χ2v) is 8.56. The maximum absolute atomic E-state index is 13.4. The predicted molar refractivity (Wildman–Crippen MR) is 110 cm³/mol. The number of benzene rings is 1. The van der Waals surface area contributed by atoms with Gasteiger partial charge in [-0.2, -0.15) is 0 Å². The molecule has 2 fully saturated rings. The molecule has 26 heavy (non-hydrogen) atoms. The van der Waals surface area contributed by atoms with E-state index in [0.29, 0.717) is 22.0 Å². The van der Waals surface area contributed by atoms with Crippen LogP contribution in [-0.4, -0.2) is 47.9 Å². The summed E-state index contributed by atoms with van der Waals surface area (Å²) >= 11 is 12.4. The SMILES string of the molecule is Cl.O=C(C1CCc2cc(Cl)c(Cl)cc21)N1CCCCC1CN1CCCC1. The van der Waals surface area contributed by atoms with Gasteiger partial charge in [0, 0.05) is 19.1 Å². The van der Waals surface area contributed by atoms with Gasteiger partial charge in [0.1, 0.15) is 0 Å². The topological polar surface area (TPSA) is 23.6 Å². The first-order chi connectivity index (χ1) is 12.1. The predicted octanol–water partition coefficient (Wildman–Crippen LogP) is 4.92. The molecule has 2 atom stereocenters. The molecule has 1 amide bonds. The molecule has 1 aromatic carbocycles. The van der Waals surface area contributed by atoms with Crippen LogP contribution in [0.2, 0.25) is 10.0 Å². The maximum Gasteiger partial charge on any atom is 0.230 e. The average molecular weight is 418 g/mol.